The molecule has 0 fully saturated rings. The Morgan fingerprint density at radius 1 is 0.806 bits per heavy atom. The first-order chi connectivity index (χ1) is 14.6. The van der Waals surface area contributed by atoms with Crippen LogP contribution in [0.2, 0.25) is 0 Å². The largest absolute Gasteiger partial charge is 0.321 e. The fourth-order valence-electron chi connectivity index (χ4n) is 2.00. The average molecular weight is 434 g/mol. The van der Waals surface area contributed by atoms with E-state index in [1.807, 2.05) is 27.7 Å². The number of rotatable bonds is 4. The Bertz CT molecular complexity index is 870. The van der Waals surface area contributed by atoms with Crippen LogP contribution in [0.3, 0.4) is 0 Å². The second kappa shape index (κ2) is 16.0. The molecule has 0 saturated heterocycles. The molecule has 0 unspecified atom stereocenters. The summed E-state index contributed by atoms with van der Waals surface area (Å²) in [5.41, 5.74) is 0.368. The third kappa shape index (κ3) is 10.5. The van der Waals surface area contributed by atoms with Crippen molar-refractivity contribution in [1.29, 1.82) is 0 Å². The van der Waals surface area contributed by atoms with E-state index in [0.29, 0.717) is 5.69 Å². The van der Waals surface area contributed by atoms with Crippen molar-refractivity contribution in [1.82, 2.24) is 0 Å². The highest BCUT2D eigenvalue weighted by Gasteiger charge is 2.17. The number of nitrogens with zero attached hydrogens (tertiary/aromatic N) is 3. The lowest BCUT2D eigenvalue weighted by atomic mass is 10.2. The summed E-state index contributed by atoms with van der Waals surface area (Å²) in [5.74, 6) is -0.561. The lowest BCUT2D eigenvalue weighted by Crippen LogP contribution is -2.23. The number of hydrogen-bond donors (Lipinski definition) is 1. The number of nitro benzene ring substituents is 2. The average Bonchev–Trinajstić information content (AvgIpc) is 2.76. The molecule has 0 aromatic heterocycles. The lowest BCUT2D eigenvalue weighted by Gasteiger charge is -2.14. The van der Waals surface area contributed by atoms with Crippen molar-refractivity contribution in [2.24, 2.45) is 0 Å². The first-order valence-corrected chi connectivity index (χ1v) is 9.63. The summed E-state index contributed by atoms with van der Waals surface area (Å²) in [6, 6.07) is 12.1. The molecule has 0 aliphatic heterocycles. The van der Waals surface area contributed by atoms with Crippen molar-refractivity contribution in [2.45, 2.75) is 41.5 Å². The van der Waals surface area contributed by atoms with Gasteiger partial charge >= 0.3 is 0 Å². The summed E-state index contributed by atoms with van der Waals surface area (Å²) in [5, 5.41) is 23.4. The van der Waals surface area contributed by atoms with Crippen LogP contribution in [0, 0.1) is 20.2 Å². The molecule has 31 heavy (non-hydrogen) atoms. The van der Waals surface area contributed by atoms with Gasteiger partial charge in [0.1, 0.15) is 11.4 Å². The fourth-order valence-corrected chi connectivity index (χ4v) is 2.00. The maximum Gasteiger partial charge on any atom is 0.292 e. The van der Waals surface area contributed by atoms with Gasteiger partial charge in [-0.1, -0.05) is 52.0 Å². The smallest absolute Gasteiger partial charge is 0.292 e. The van der Waals surface area contributed by atoms with Crippen molar-refractivity contribution in [2.75, 3.05) is 17.3 Å². The Kier molecular flexibility index (Phi) is 15.2. The van der Waals surface area contributed by atoms with Gasteiger partial charge in [0.25, 0.3) is 11.4 Å². The molecule has 0 bridgehead atoms. The van der Waals surface area contributed by atoms with E-state index in [2.05, 4.69) is 5.32 Å². The zero-order chi connectivity index (χ0) is 24.6. The number of nitrogens with one attached hydrogen (secondary N) is 1. The maximum absolute atomic E-state index is 11.0. The van der Waals surface area contributed by atoms with E-state index in [9.17, 15) is 29.8 Å². The standard InChI is InChI=1S/C9H10N2O3.C8H8N2O3.2C2H6/c1-7(12)10(2)8-5-3-4-6-9(8)11(13)14;1-6(11)9-7-4-2-3-5-8(7)10(12)13;2*1-2/h3-6H,1-2H3;2-5H,1H3,(H,9,11);2*1-2H3. The highest BCUT2D eigenvalue weighted by atomic mass is 16.6. The lowest BCUT2D eigenvalue weighted by molar-refractivity contribution is -0.384. The first-order valence-electron chi connectivity index (χ1n) is 9.63. The SMILES string of the molecule is CC.CC.CC(=O)N(C)c1ccccc1[N+](=O)[O-].CC(=O)Nc1ccccc1[N+](=O)[O-]. The molecular formula is C21H30N4O6. The number of benzene rings is 2. The van der Waals surface area contributed by atoms with E-state index in [1.165, 1.54) is 44.0 Å². The molecule has 0 spiro atoms. The third-order valence-corrected chi connectivity index (χ3v) is 3.32. The zero-order valence-corrected chi connectivity index (χ0v) is 18.9. The van der Waals surface area contributed by atoms with E-state index >= 15 is 0 Å². The molecule has 2 aromatic rings. The van der Waals surface area contributed by atoms with Crippen LogP contribution in [0.4, 0.5) is 22.7 Å². The normalized spacial score (nSPS) is 8.61. The van der Waals surface area contributed by atoms with Gasteiger partial charge in [-0.15, -0.1) is 0 Å². The molecule has 10 heteroatoms. The Labute approximate surface area is 182 Å². The molecule has 0 radical (unpaired) electrons. The molecule has 0 heterocycles. The number of nitro groups is 2. The van der Waals surface area contributed by atoms with Crippen molar-refractivity contribution < 1.29 is 19.4 Å². The van der Waals surface area contributed by atoms with Crippen LogP contribution in [0.1, 0.15) is 41.5 Å². The topological polar surface area (TPSA) is 136 Å². The van der Waals surface area contributed by atoms with Crippen molar-refractivity contribution in [3.05, 3.63) is 68.8 Å². The molecule has 10 nitrogen and oxygen atoms in total. The molecule has 0 aliphatic rings. The molecule has 2 aromatic carbocycles. The van der Waals surface area contributed by atoms with Crippen LogP contribution in [-0.4, -0.2) is 28.7 Å². The molecule has 0 atom stereocenters. The van der Waals surface area contributed by atoms with E-state index in [1.54, 1.807) is 30.3 Å². The zero-order valence-electron chi connectivity index (χ0n) is 18.9. The molecule has 170 valence electrons. The van der Waals surface area contributed by atoms with E-state index in [4.69, 9.17) is 0 Å². The predicted molar refractivity (Wildman–Crippen MR) is 122 cm³/mol. The quantitative estimate of drug-likeness (QED) is 0.520. The van der Waals surface area contributed by atoms with Gasteiger partial charge < -0.3 is 10.2 Å². The summed E-state index contributed by atoms with van der Waals surface area (Å²) >= 11 is 0. The third-order valence-electron chi connectivity index (χ3n) is 3.32. The molecule has 0 saturated carbocycles. The summed E-state index contributed by atoms with van der Waals surface area (Å²) in [6.45, 7) is 10.7. The Balaban J connectivity index is 0. The van der Waals surface area contributed by atoms with Gasteiger partial charge in [0.15, 0.2) is 0 Å². The second-order valence-electron chi connectivity index (χ2n) is 5.28. The minimum atomic E-state index is -0.536. The maximum atomic E-state index is 11.0. The van der Waals surface area contributed by atoms with Gasteiger partial charge in [0.2, 0.25) is 11.8 Å². The minimum Gasteiger partial charge on any atom is -0.321 e. The number of hydrogen-bond acceptors (Lipinski definition) is 6. The molecule has 0 aliphatic carbocycles. The second-order valence-corrected chi connectivity index (χ2v) is 5.28. The summed E-state index contributed by atoms with van der Waals surface area (Å²) in [6.07, 6.45) is 0. The van der Waals surface area contributed by atoms with Gasteiger partial charge in [-0.25, -0.2) is 0 Å². The number of carbonyl (C=O) groups excluding carboxylic acids is 2. The molecule has 2 rings (SSSR count). The number of para-hydroxylation sites is 4. The summed E-state index contributed by atoms with van der Waals surface area (Å²) < 4.78 is 0. The summed E-state index contributed by atoms with van der Waals surface area (Å²) in [4.78, 5) is 43.0. The molecular weight excluding hydrogens is 404 g/mol. The van der Waals surface area contributed by atoms with Crippen molar-refractivity contribution >= 4 is 34.6 Å². The van der Waals surface area contributed by atoms with Gasteiger partial charge in [0.05, 0.1) is 9.85 Å². The number of anilines is 2. The first kappa shape index (κ1) is 29.4. The highest BCUT2D eigenvalue weighted by Crippen LogP contribution is 2.26. The monoisotopic (exact) mass is 434 g/mol. The van der Waals surface area contributed by atoms with Crippen LogP contribution in [-0.2, 0) is 9.59 Å². The van der Waals surface area contributed by atoms with Crippen LogP contribution in [0.15, 0.2) is 48.5 Å². The van der Waals surface area contributed by atoms with E-state index in [0.717, 1.165) is 0 Å². The van der Waals surface area contributed by atoms with Crippen LogP contribution in [0.5, 0.6) is 0 Å². The van der Waals surface area contributed by atoms with Gasteiger partial charge in [-0.3, -0.25) is 29.8 Å². The predicted octanol–water partition coefficient (Wildman–Crippen LogP) is 5.18. The van der Waals surface area contributed by atoms with Crippen LogP contribution in [0.25, 0.3) is 0 Å². The minimum absolute atomic E-state index is 0.0646. The molecule has 1 N–H and O–H groups in total. The highest BCUT2D eigenvalue weighted by molar-refractivity contribution is 5.93. The van der Waals surface area contributed by atoms with Crippen molar-refractivity contribution in [3.63, 3.8) is 0 Å². The molecule has 2 amide bonds. The van der Waals surface area contributed by atoms with E-state index < -0.39 is 9.85 Å². The number of amides is 2. The Morgan fingerprint density at radius 3 is 1.65 bits per heavy atom. The fraction of sp³-hybridized carbons (Fsp3) is 0.333. The Morgan fingerprint density at radius 2 is 1.23 bits per heavy atom. The van der Waals surface area contributed by atoms with Crippen LogP contribution >= 0.6 is 0 Å². The summed E-state index contributed by atoms with van der Waals surface area (Å²) in [7, 11) is 1.50. The number of carbonyl (C=O) groups is 2. The van der Waals surface area contributed by atoms with Crippen molar-refractivity contribution in [3.8, 4) is 0 Å². The van der Waals surface area contributed by atoms with Gasteiger partial charge in [-0.05, 0) is 12.1 Å². The van der Waals surface area contributed by atoms with Gasteiger partial charge in [0, 0.05) is 33.0 Å². The Hall–Kier alpha value is -3.82. The van der Waals surface area contributed by atoms with E-state index in [-0.39, 0.29) is 28.9 Å². The van der Waals surface area contributed by atoms with Crippen LogP contribution < -0.4 is 10.2 Å². The van der Waals surface area contributed by atoms with Gasteiger partial charge in [-0.2, -0.15) is 0 Å².